The van der Waals surface area contributed by atoms with E-state index in [2.05, 4.69) is 11.8 Å². The van der Waals surface area contributed by atoms with E-state index in [9.17, 15) is 4.79 Å². The molecule has 0 saturated carbocycles. The molecule has 2 N–H and O–H groups in total. The van der Waals surface area contributed by atoms with E-state index in [4.69, 9.17) is 10.5 Å². The molecule has 1 rings (SSSR count). The molecule has 0 aromatic rings. The molecule has 0 bridgehead atoms. The molecule has 18 heavy (non-hydrogen) atoms. The second-order valence-electron chi connectivity index (χ2n) is 5.01. The van der Waals surface area contributed by atoms with Crippen molar-refractivity contribution >= 4 is 5.91 Å². The Morgan fingerprint density at radius 2 is 2.22 bits per heavy atom. The van der Waals surface area contributed by atoms with Gasteiger partial charge in [-0.25, -0.2) is 0 Å². The molecule has 2 unspecified atom stereocenters. The van der Waals surface area contributed by atoms with Gasteiger partial charge in [0.2, 0.25) is 5.91 Å². The zero-order valence-electron chi connectivity index (χ0n) is 11.9. The van der Waals surface area contributed by atoms with Crippen LogP contribution >= 0.6 is 0 Å². The van der Waals surface area contributed by atoms with Crippen LogP contribution in [0.2, 0.25) is 0 Å². The summed E-state index contributed by atoms with van der Waals surface area (Å²) < 4.78 is 5.13. The number of ether oxygens (including phenoxy) is 1. The second kappa shape index (κ2) is 7.71. The van der Waals surface area contributed by atoms with Crippen LogP contribution in [0.3, 0.4) is 0 Å². The van der Waals surface area contributed by atoms with E-state index in [-0.39, 0.29) is 11.8 Å². The molecule has 0 radical (unpaired) electrons. The topological polar surface area (TPSA) is 58.8 Å². The van der Waals surface area contributed by atoms with Crippen molar-refractivity contribution in [1.82, 2.24) is 9.80 Å². The SMILES string of the molecule is CCC1CN(C(=O)C(C)CN)CCN1CCOC. The van der Waals surface area contributed by atoms with Crippen LogP contribution in [0.4, 0.5) is 0 Å². The van der Waals surface area contributed by atoms with E-state index in [1.807, 2.05) is 11.8 Å². The van der Waals surface area contributed by atoms with Gasteiger partial charge in [-0.15, -0.1) is 0 Å². The number of nitrogens with two attached hydrogens (primary N) is 1. The minimum Gasteiger partial charge on any atom is -0.383 e. The van der Waals surface area contributed by atoms with Crippen LogP contribution < -0.4 is 5.73 Å². The number of piperazine rings is 1. The Kier molecular flexibility index (Phi) is 6.60. The fraction of sp³-hybridized carbons (Fsp3) is 0.923. The van der Waals surface area contributed by atoms with Gasteiger partial charge in [-0.1, -0.05) is 13.8 Å². The fourth-order valence-electron chi connectivity index (χ4n) is 2.40. The van der Waals surface area contributed by atoms with E-state index in [0.717, 1.165) is 39.2 Å². The summed E-state index contributed by atoms with van der Waals surface area (Å²) in [5, 5.41) is 0. The van der Waals surface area contributed by atoms with Crippen molar-refractivity contribution in [2.24, 2.45) is 11.7 Å². The Bertz CT molecular complexity index is 261. The molecule has 1 amide bonds. The third-order valence-electron chi connectivity index (χ3n) is 3.75. The summed E-state index contributed by atoms with van der Waals surface area (Å²) in [4.78, 5) is 16.5. The van der Waals surface area contributed by atoms with Crippen molar-refractivity contribution in [3.8, 4) is 0 Å². The first-order valence-corrected chi connectivity index (χ1v) is 6.85. The highest BCUT2D eigenvalue weighted by atomic mass is 16.5. The summed E-state index contributed by atoms with van der Waals surface area (Å²) in [6.45, 7) is 8.77. The Morgan fingerprint density at radius 1 is 1.50 bits per heavy atom. The van der Waals surface area contributed by atoms with Gasteiger partial charge in [0.15, 0.2) is 0 Å². The third kappa shape index (κ3) is 3.93. The van der Waals surface area contributed by atoms with Crippen molar-refractivity contribution < 1.29 is 9.53 Å². The van der Waals surface area contributed by atoms with E-state index >= 15 is 0 Å². The first-order chi connectivity index (χ1) is 8.63. The standard InChI is InChI=1S/C13H27N3O2/c1-4-12-10-16(13(17)11(2)9-14)6-5-15(12)7-8-18-3/h11-12H,4-10,14H2,1-3H3. The second-order valence-corrected chi connectivity index (χ2v) is 5.01. The van der Waals surface area contributed by atoms with Gasteiger partial charge < -0.3 is 15.4 Å². The monoisotopic (exact) mass is 257 g/mol. The largest absolute Gasteiger partial charge is 0.383 e. The number of carbonyl (C=O) groups is 1. The van der Waals surface area contributed by atoms with Crippen LogP contribution in [0.15, 0.2) is 0 Å². The molecule has 0 aromatic heterocycles. The average molecular weight is 257 g/mol. The maximum Gasteiger partial charge on any atom is 0.226 e. The third-order valence-corrected chi connectivity index (χ3v) is 3.75. The number of methoxy groups -OCH3 is 1. The molecule has 1 aliphatic rings. The number of hydrogen-bond donors (Lipinski definition) is 1. The number of carbonyl (C=O) groups excluding carboxylic acids is 1. The minimum atomic E-state index is -0.0620. The van der Waals surface area contributed by atoms with Crippen LogP contribution in [-0.2, 0) is 9.53 Å². The van der Waals surface area contributed by atoms with E-state index in [0.29, 0.717) is 12.6 Å². The van der Waals surface area contributed by atoms with Gasteiger partial charge in [0, 0.05) is 51.8 Å². The maximum atomic E-state index is 12.1. The highest BCUT2D eigenvalue weighted by molar-refractivity contribution is 5.78. The van der Waals surface area contributed by atoms with Gasteiger partial charge in [0.05, 0.1) is 6.61 Å². The Hall–Kier alpha value is -0.650. The summed E-state index contributed by atoms with van der Waals surface area (Å²) >= 11 is 0. The highest BCUT2D eigenvalue weighted by Crippen LogP contribution is 2.14. The van der Waals surface area contributed by atoms with Crippen LogP contribution in [0.1, 0.15) is 20.3 Å². The number of rotatable bonds is 6. The summed E-state index contributed by atoms with van der Waals surface area (Å²) in [7, 11) is 1.73. The van der Waals surface area contributed by atoms with Gasteiger partial charge >= 0.3 is 0 Å². The molecule has 5 nitrogen and oxygen atoms in total. The van der Waals surface area contributed by atoms with Gasteiger partial charge in [-0.2, -0.15) is 0 Å². The number of nitrogens with zero attached hydrogens (tertiary/aromatic N) is 2. The smallest absolute Gasteiger partial charge is 0.226 e. The molecule has 2 atom stereocenters. The highest BCUT2D eigenvalue weighted by Gasteiger charge is 2.29. The molecule has 1 saturated heterocycles. The Labute approximate surface area is 110 Å². The zero-order valence-corrected chi connectivity index (χ0v) is 11.9. The fourth-order valence-corrected chi connectivity index (χ4v) is 2.40. The lowest BCUT2D eigenvalue weighted by Gasteiger charge is -2.41. The van der Waals surface area contributed by atoms with Crippen molar-refractivity contribution in [2.75, 3.05) is 46.4 Å². The van der Waals surface area contributed by atoms with Crippen LogP contribution in [0.5, 0.6) is 0 Å². The Morgan fingerprint density at radius 3 is 2.78 bits per heavy atom. The number of amides is 1. The maximum absolute atomic E-state index is 12.1. The van der Waals surface area contributed by atoms with Gasteiger partial charge in [-0.3, -0.25) is 9.69 Å². The summed E-state index contributed by atoms with van der Waals surface area (Å²) in [6, 6.07) is 0.447. The first kappa shape index (κ1) is 15.4. The van der Waals surface area contributed by atoms with Gasteiger partial charge in [0.25, 0.3) is 0 Å². The molecule has 0 aromatic carbocycles. The van der Waals surface area contributed by atoms with E-state index in [1.165, 1.54) is 0 Å². The summed E-state index contributed by atoms with van der Waals surface area (Å²) in [5.41, 5.74) is 5.57. The predicted octanol–water partition coefficient (Wildman–Crippen LogP) is 0.150. The Balaban J connectivity index is 2.52. The van der Waals surface area contributed by atoms with E-state index in [1.54, 1.807) is 7.11 Å². The molecule has 5 heteroatoms. The lowest BCUT2D eigenvalue weighted by molar-refractivity contribution is -0.137. The van der Waals surface area contributed by atoms with Gasteiger partial charge in [-0.05, 0) is 6.42 Å². The van der Waals surface area contributed by atoms with Crippen molar-refractivity contribution in [3.63, 3.8) is 0 Å². The van der Waals surface area contributed by atoms with Gasteiger partial charge in [0.1, 0.15) is 0 Å². The molecule has 1 fully saturated rings. The normalized spacial score (nSPS) is 23.1. The molecule has 1 aliphatic heterocycles. The van der Waals surface area contributed by atoms with Crippen molar-refractivity contribution in [1.29, 1.82) is 0 Å². The van der Waals surface area contributed by atoms with Crippen LogP contribution in [-0.4, -0.2) is 68.2 Å². The lowest BCUT2D eigenvalue weighted by Crippen LogP contribution is -2.56. The van der Waals surface area contributed by atoms with Crippen molar-refractivity contribution in [2.45, 2.75) is 26.3 Å². The van der Waals surface area contributed by atoms with Crippen LogP contribution in [0.25, 0.3) is 0 Å². The van der Waals surface area contributed by atoms with Crippen molar-refractivity contribution in [3.05, 3.63) is 0 Å². The molecular weight excluding hydrogens is 230 g/mol. The average Bonchev–Trinajstić information content (AvgIpc) is 2.43. The minimum absolute atomic E-state index is 0.0620. The summed E-state index contributed by atoms with van der Waals surface area (Å²) in [6.07, 6.45) is 1.06. The number of hydrogen-bond acceptors (Lipinski definition) is 4. The first-order valence-electron chi connectivity index (χ1n) is 6.85. The molecular formula is C13H27N3O2. The molecule has 106 valence electrons. The van der Waals surface area contributed by atoms with Crippen LogP contribution in [0, 0.1) is 5.92 Å². The zero-order chi connectivity index (χ0) is 13.5. The summed E-state index contributed by atoms with van der Waals surface area (Å²) in [5.74, 6) is 0.135. The molecule has 0 aliphatic carbocycles. The lowest BCUT2D eigenvalue weighted by atomic mass is 10.1. The van der Waals surface area contributed by atoms with E-state index < -0.39 is 0 Å². The predicted molar refractivity (Wildman–Crippen MR) is 72.3 cm³/mol. The quantitative estimate of drug-likeness (QED) is 0.736. The molecule has 0 spiro atoms. The molecule has 1 heterocycles.